The number of nitrogens with zero attached hydrogens (tertiary/aromatic N) is 1. The van der Waals surface area contributed by atoms with E-state index in [2.05, 4.69) is 32.6 Å². The van der Waals surface area contributed by atoms with Crippen molar-refractivity contribution in [3.63, 3.8) is 0 Å². The van der Waals surface area contributed by atoms with E-state index >= 15 is 0 Å². The minimum atomic E-state index is -1.25. The highest BCUT2D eigenvalue weighted by molar-refractivity contribution is 9.10. The molecule has 1 heterocycles. The summed E-state index contributed by atoms with van der Waals surface area (Å²) in [5.41, 5.74) is 1.12. The number of nitrogens with one attached hydrogen (secondary N) is 2. The lowest BCUT2D eigenvalue weighted by molar-refractivity contribution is -0.150. The molecule has 0 aromatic heterocycles. The largest absolute Gasteiger partial charge is 0.468 e. The molecule has 3 rings (SSSR count). The molecular formula is C22H16BrCl2N3O4S. The number of hydrogen-bond acceptors (Lipinski definition) is 6. The average molecular weight is 569 g/mol. The second-order valence-corrected chi connectivity index (χ2v) is 9.58. The molecule has 0 saturated carbocycles. The van der Waals surface area contributed by atoms with E-state index in [1.807, 2.05) is 0 Å². The summed E-state index contributed by atoms with van der Waals surface area (Å²) >= 11 is 16.3. The van der Waals surface area contributed by atoms with Gasteiger partial charge in [0.25, 0.3) is 0 Å². The van der Waals surface area contributed by atoms with Gasteiger partial charge >= 0.3 is 5.97 Å². The Kier molecular flexibility index (Phi) is 8.43. The monoisotopic (exact) mass is 567 g/mol. The molecule has 170 valence electrons. The van der Waals surface area contributed by atoms with Crippen LogP contribution >= 0.6 is 50.9 Å². The van der Waals surface area contributed by atoms with Gasteiger partial charge in [-0.25, -0.2) is 0 Å². The molecule has 11 heteroatoms. The van der Waals surface area contributed by atoms with Crippen molar-refractivity contribution in [3.05, 3.63) is 73.1 Å². The van der Waals surface area contributed by atoms with Crippen LogP contribution in [0.25, 0.3) is 0 Å². The van der Waals surface area contributed by atoms with E-state index in [1.165, 1.54) is 13.2 Å². The molecule has 0 aliphatic carbocycles. The molecule has 33 heavy (non-hydrogen) atoms. The number of methoxy groups -OCH3 is 1. The normalized spacial score (nSPS) is 17.7. The second-order valence-electron chi connectivity index (χ2n) is 6.84. The van der Waals surface area contributed by atoms with E-state index in [4.69, 9.17) is 27.9 Å². The Balaban J connectivity index is 1.89. The third-order valence-corrected chi connectivity index (χ3v) is 6.80. The van der Waals surface area contributed by atoms with Gasteiger partial charge in [0, 0.05) is 15.4 Å². The molecule has 0 unspecified atom stereocenters. The average Bonchev–Trinajstić information content (AvgIpc) is 2.78. The highest BCUT2D eigenvalue weighted by Gasteiger charge is 2.44. The van der Waals surface area contributed by atoms with Crippen LogP contribution in [0.4, 0.5) is 5.69 Å². The van der Waals surface area contributed by atoms with Crippen LogP contribution in [0.1, 0.15) is 11.5 Å². The number of benzene rings is 2. The van der Waals surface area contributed by atoms with Crippen molar-refractivity contribution in [2.75, 3.05) is 18.2 Å². The van der Waals surface area contributed by atoms with Crippen LogP contribution in [-0.4, -0.2) is 30.6 Å². The van der Waals surface area contributed by atoms with Gasteiger partial charge in [-0.05, 0) is 35.9 Å². The van der Waals surface area contributed by atoms with Crippen LogP contribution < -0.4 is 10.6 Å². The van der Waals surface area contributed by atoms with Gasteiger partial charge in [0.15, 0.2) is 0 Å². The van der Waals surface area contributed by atoms with Gasteiger partial charge in [0.2, 0.25) is 11.8 Å². The maximum atomic E-state index is 12.8. The lowest BCUT2D eigenvalue weighted by Crippen LogP contribution is -2.44. The van der Waals surface area contributed by atoms with Gasteiger partial charge < -0.3 is 15.4 Å². The summed E-state index contributed by atoms with van der Waals surface area (Å²) in [7, 11) is 1.18. The van der Waals surface area contributed by atoms with Crippen LogP contribution in [-0.2, 0) is 19.1 Å². The zero-order valence-electron chi connectivity index (χ0n) is 17.0. The van der Waals surface area contributed by atoms with Crippen LogP contribution in [0.15, 0.2) is 57.5 Å². The van der Waals surface area contributed by atoms with Gasteiger partial charge in [-0.15, -0.1) is 0 Å². The number of rotatable bonds is 6. The highest BCUT2D eigenvalue weighted by atomic mass is 79.9. The van der Waals surface area contributed by atoms with Crippen molar-refractivity contribution >= 4 is 74.4 Å². The molecule has 0 saturated heterocycles. The number of halogens is 3. The minimum Gasteiger partial charge on any atom is -0.468 e. The van der Waals surface area contributed by atoms with Crippen molar-refractivity contribution in [1.82, 2.24) is 5.32 Å². The van der Waals surface area contributed by atoms with Crippen LogP contribution in [0.3, 0.4) is 0 Å². The summed E-state index contributed by atoms with van der Waals surface area (Å²) < 4.78 is 5.54. The molecule has 1 aliphatic heterocycles. The highest BCUT2D eigenvalue weighted by Crippen LogP contribution is 2.40. The number of amides is 2. The predicted octanol–water partition coefficient (Wildman–Crippen LogP) is 4.87. The first-order valence-electron chi connectivity index (χ1n) is 9.41. The van der Waals surface area contributed by atoms with Gasteiger partial charge in [0.05, 0.1) is 40.2 Å². The molecule has 2 amide bonds. The number of hydrogen-bond donors (Lipinski definition) is 2. The lowest BCUT2D eigenvalue weighted by atomic mass is 9.78. The first-order chi connectivity index (χ1) is 15.7. The summed E-state index contributed by atoms with van der Waals surface area (Å²) in [6, 6.07) is 13.7. The first kappa shape index (κ1) is 25.1. The molecule has 2 N–H and O–H groups in total. The zero-order valence-corrected chi connectivity index (χ0v) is 20.9. The summed E-state index contributed by atoms with van der Waals surface area (Å²) in [6.07, 6.45) is 0. The van der Waals surface area contributed by atoms with Crippen molar-refractivity contribution in [1.29, 1.82) is 5.26 Å². The fourth-order valence-electron chi connectivity index (χ4n) is 3.29. The van der Waals surface area contributed by atoms with E-state index in [0.29, 0.717) is 16.3 Å². The second kappa shape index (κ2) is 11.1. The predicted molar refractivity (Wildman–Crippen MR) is 131 cm³/mol. The molecule has 2 aromatic carbocycles. The Morgan fingerprint density at radius 1 is 1.27 bits per heavy atom. The molecule has 0 spiro atoms. The molecule has 2 atom stereocenters. The minimum absolute atomic E-state index is 0.117. The summed E-state index contributed by atoms with van der Waals surface area (Å²) in [6.45, 7) is 0. The van der Waals surface area contributed by atoms with Crippen LogP contribution in [0.5, 0.6) is 0 Å². The SMILES string of the molecule is COC(=O)[C@H]1C(=O)NC(SCC(=O)Nc2ccc(Cl)cc2Cl)=C(C#N)[C@@H]1c1cccc(Br)c1. The third kappa shape index (κ3) is 5.89. The van der Waals surface area contributed by atoms with Gasteiger partial charge in [-0.3, -0.25) is 14.4 Å². The van der Waals surface area contributed by atoms with Crippen LogP contribution in [0, 0.1) is 17.2 Å². The number of carbonyl (C=O) groups is 3. The third-order valence-electron chi connectivity index (χ3n) is 4.74. The number of allylic oxidation sites excluding steroid dienone is 1. The van der Waals surface area contributed by atoms with E-state index in [9.17, 15) is 19.6 Å². The summed E-state index contributed by atoms with van der Waals surface area (Å²) in [4.78, 5) is 37.7. The quantitative estimate of drug-likeness (QED) is 0.380. The fraction of sp³-hybridized carbons (Fsp3) is 0.182. The number of thioether (sulfide) groups is 1. The van der Waals surface area contributed by atoms with Gasteiger partial charge in [-0.2, -0.15) is 5.26 Å². The molecular weight excluding hydrogens is 553 g/mol. The van der Waals surface area contributed by atoms with Crippen molar-refractivity contribution < 1.29 is 19.1 Å². The van der Waals surface area contributed by atoms with Gasteiger partial charge in [0.1, 0.15) is 5.92 Å². The first-order valence-corrected chi connectivity index (χ1v) is 11.9. The van der Waals surface area contributed by atoms with Gasteiger partial charge in [-0.1, -0.05) is 63.0 Å². The Morgan fingerprint density at radius 3 is 2.67 bits per heavy atom. The molecule has 0 fully saturated rings. The summed E-state index contributed by atoms with van der Waals surface area (Å²) in [5.74, 6) is -4.01. The number of anilines is 1. The number of nitriles is 1. The Hall–Kier alpha value is -2.51. The Morgan fingerprint density at radius 2 is 2.03 bits per heavy atom. The van der Waals surface area contributed by atoms with Crippen molar-refractivity contribution in [2.24, 2.45) is 5.92 Å². The Labute approximate surface area is 212 Å². The van der Waals surface area contributed by atoms with Crippen molar-refractivity contribution in [3.8, 4) is 6.07 Å². The smallest absolute Gasteiger partial charge is 0.319 e. The maximum Gasteiger partial charge on any atom is 0.319 e. The van der Waals surface area contributed by atoms with Crippen LogP contribution in [0.2, 0.25) is 10.0 Å². The molecule has 1 aliphatic rings. The molecule has 2 aromatic rings. The maximum absolute atomic E-state index is 12.8. The van der Waals surface area contributed by atoms with E-state index < -0.39 is 29.6 Å². The molecule has 7 nitrogen and oxygen atoms in total. The van der Waals surface area contributed by atoms with E-state index in [1.54, 1.807) is 36.4 Å². The molecule has 0 bridgehead atoms. The zero-order chi connectivity index (χ0) is 24.1. The fourth-order valence-corrected chi connectivity index (χ4v) is 5.02. The topological polar surface area (TPSA) is 108 Å². The van der Waals surface area contributed by atoms with Crippen molar-refractivity contribution in [2.45, 2.75) is 5.92 Å². The van der Waals surface area contributed by atoms with E-state index in [0.717, 1.165) is 16.2 Å². The standard InChI is InChI=1S/C22H16BrCl2N3O4S/c1-32-22(31)19-18(11-3-2-4-12(23)7-11)14(9-26)21(28-20(19)30)33-10-17(29)27-16-6-5-13(24)8-15(16)25/h2-8,18-19H,10H2,1H3,(H,27,29)(H,28,30)/t18-,19+/m0/s1. The number of carbonyl (C=O) groups excluding carboxylic acids is 3. The lowest BCUT2D eigenvalue weighted by Gasteiger charge is -2.31. The Bertz CT molecular complexity index is 1200. The van der Waals surface area contributed by atoms with E-state index in [-0.39, 0.29) is 21.4 Å². The summed E-state index contributed by atoms with van der Waals surface area (Å²) in [5, 5.41) is 16.1. The number of ether oxygens (including phenoxy) is 1. The number of esters is 1. The molecule has 0 radical (unpaired) electrons.